The monoisotopic (exact) mass is 594 g/mol. The number of aromatic nitrogens is 3. The lowest BCUT2D eigenvalue weighted by atomic mass is 10.0. The Morgan fingerprint density at radius 2 is 1.88 bits per heavy atom. The maximum Gasteiger partial charge on any atom is 0.412 e. The van der Waals surface area contributed by atoms with Gasteiger partial charge in [-0.25, -0.2) is 19.1 Å². The average Bonchev–Trinajstić information content (AvgIpc) is 3.04. The molecule has 0 radical (unpaired) electrons. The molecule has 1 aliphatic heterocycles. The molecule has 3 aromatic rings. The quantitative estimate of drug-likeness (QED) is 0.202. The number of carbonyl (C=O) groups excluding carboxylic acids is 3. The molecule has 0 aliphatic carbocycles. The Balaban J connectivity index is 1.55. The minimum absolute atomic E-state index is 0.0274. The standard InChI is InChI=1S/C26H19ClF4N4O6/c1-14-9-16(26(29,30)31)10-20(36)35(25(14)38)22-18(28)11-17(27)23(34-22)41-19-3-2-6-33-24(19)40-13-21(37)39-12-15-4-7-32-8-5-15/h2-8,10-11,14H,9,12-13H2,1H3. The van der Waals surface area contributed by atoms with Crippen LogP contribution in [0.4, 0.5) is 23.4 Å². The lowest BCUT2D eigenvalue weighted by Crippen LogP contribution is -2.39. The van der Waals surface area contributed by atoms with E-state index in [9.17, 15) is 31.9 Å². The van der Waals surface area contributed by atoms with Gasteiger partial charge in [-0.3, -0.25) is 14.6 Å². The number of rotatable bonds is 8. The van der Waals surface area contributed by atoms with Crippen LogP contribution in [0.25, 0.3) is 0 Å². The van der Waals surface area contributed by atoms with Crippen molar-refractivity contribution in [2.45, 2.75) is 26.1 Å². The number of nitrogens with zero attached hydrogens (tertiary/aromatic N) is 4. The van der Waals surface area contributed by atoms with Crippen LogP contribution in [0, 0.1) is 11.7 Å². The topological polar surface area (TPSA) is 121 Å². The molecule has 41 heavy (non-hydrogen) atoms. The third kappa shape index (κ3) is 7.14. The van der Waals surface area contributed by atoms with Crippen molar-refractivity contribution in [1.29, 1.82) is 0 Å². The number of halogens is 5. The summed E-state index contributed by atoms with van der Waals surface area (Å²) < 4.78 is 70.9. The zero-order chi connectivity index (χ0) is 29.7. The van der Waals surface area contributed by atoms with Gasteiger partial charge in [0.25, 0.3) is 11.8 Å². The second-order valence-corrected chi connectivity index (χ2v) is 8.99. The number of alkyl halides is 3. The van der Waals surface area contributed by atoms with Crippen LogP contribution in [0.1, 0.15) is 18.9 Å². The number of allylic oxidation sites excluding steroid dienone is 1. The van der Waals surface area contributed by atoms with E-state index in [-0.39, 0.29) is 29.2 Å². The van der Waals surface area contributed by atoms with Gasteiger partial charge in [0, 0.05) is 42.2 Å². The van der Waals surface area contributed by atoms with Gasteiger partial charge in [0.1, 0.15) is 11.6 Å². The Kier molecular flexibility index (Phi) is 8.81. The van der Waals surface area contributed by atoms with E-state index in [2.05, 4.69) is 15.0 Å². The minimum atomic E-state index is -4.87. The molecule has 0 aromatic carbocycles. The van der Waals surface area contributed by atoms with Gasteiger partial charge in [-0.1, -0.05) is 18.5 Å². The fraction of sp³-hybridized carbons (Fsp3) is 0.231. The van der Waals surface area contributed by atoms with E-state index in [0.29, 0.717) is 11.6 Å². The first-order chi connectivity index (χ1) is 19.4. The Morgan fingerprint density at radius 3 is 2.59 bits per heavy atom. The van der Waals surface area contributed by atoms with Crippen LogP contribution < -0.4 is 14.4 Å². The van der Waals surface area contributed by atoms with Crippen LogP contribution in [0.15, 0.2) is 60.6 Å². The third-order valence-corrected chi connectivity index (χ3v) is 5.83. The summed E-state index contributed by atoms with van der Waals surface area (Å²) >= 11 is 6.07. The van der Waals surface area contributed by atoms with Gasteiger partial charge >= 0.3 is 12.1 Å². The molecule has 1 unspecified atom stereocenters. The van der Waals surface area contributed by atoms with Crippen LogP contribution in [0.2, 0.25) is 5.02 Å². The highest BCUT2D eigenvalue weighted by molar-refractivity contribution is 6.32. The Bertz CT molecular complexity index is 1500. The van der Waals surface area contributed by atoms with Crippen molar-refractivity contribution in [2.24, 2.45) is 5.92 Å². The van der Waals surface area contributed by atoms with Crippen LogP contribution in [0.3, 0.4) is 0 Å². The number of carbonyl (C=O) groups is 3. The number of hydrogen-bond acceptors (Lipinski definition) is 9. The molecular weight excluding hydrogens is 576 g/mol. The Hall–Kier alpha value is -4.59. The summed E-state index contributed by atoms with van der Waals surface area (Å²) in [6.07, 6.45) is -1.05. The van der Waals surface area contributed by atoms with E-state index < -0.39 is 71.0 Å². The normalized spacial score (nSPS) is 15.7. The van der Waals surface area contributed by atoms with E-state index in [1.165, 1.54) is 37.6 Å². The number of imide groups is 1. The van der Waals surface area contributed by atoms with Crippen molar-refractivity contribution in [2.75, 3.05) is 11.5 Å². The van der Waals surface area contributed by atoms with E-state index in [1.54, 1.807) is 12.1 Å². The molecule has 4 heterocycles. The molecule has 3 aromatic heterocycles. The van der Waals surface area contributed by atoms with Crippen LogP contribution in [-0.4, -0.2) is 45.5 Å². The summed E-state index contributed by atoms with van der Waals surface area (Å²) in [5, 5.41) is -0.410. The van der Waals surface area contributed by atoms with E-state index >= 15 is 0 Å². The fourth-order valence-electron chi connectivity index (χ4n) is 3.57. The van der Waals surface area contributed by atoms with E-state index in [1.807, 2.05) is 0 Å². The number of anilines is 1. The van der Waals surface area contributed by atoms with E-state index in [4.69, 9.17) is 25.8 Å². The molecule has 0 fully saturated rings. The lowest BCUT2D eigenvalue weighted by molar-refractivity contribution is -0.147. The van der Waals surface area contributed by atoms with Gasteiger partial charge in [-0.2, -0.15) is 18.2 Å². The van der Waals surface area contributed by atoms with Crippen LogP contribution in [0.5, 0.6) is 17.5 Å². The molecule has 4 rings (SSSR count). The number of hydrogen-bond donors (Lipinski definition) is 0. The molecule has 214 valence electrons. The summed E-state index contributed by atoms with van der Waals surface area (Å²) in [5.41, 5.74) is -0.544. The van der Waals surface area contributed by atoms with Crippen LogP contribution >= 0.6 is 11.6 Å². The molecule has 15 heteroatoms. The zero-order valence-electron chi connectivity index (χ0n) is 21.0. The van der Waals surface area contributed by atoms with Crippen molar-refractivity contribution < 1.29 is 46.2 Å². The first-order valence-corrected chi connectivity index (χ1v) is 12.1. The molecule has 2 amide bonds. The van der Waals surface area contributed by atoms with Crippen molar-refractivity contribution in [3.63, 3.8) is 0 Å². The largest absolute Gasteiger partial charge is 0.463 e. The summed E-state index contributed by atoms with van der Waals surface area (Å²) in [6, 6.07) is 6.76. The molecule has 0 N–H and O–H groups in total. The molecule has 0 bridgehead atoms. The number of pyridine rings is 3. The summed E-state index contributed by atoms with van der Waals surface area (Å²) in [7, 11) is 0. The second kappa shape index (κ2) is 12.3. The lowest BCUT2D eigenvalue weighted by Gasteiger charge is -2.21. The summed E-state index contributed by atoms with van der Waals surface area (Å²) in [6.45, 7) is 0.567. The van der Waals surface area contributed by atoms with Gasteiger partial charge in [0.15, 0.2) is 24.0 Å². The number of amides is 2. The van der Waals surface area contributed by atoms with E-state index in [0.717, 1.165) is 0 Å². The van der Waals surface area contributed by atoms with Crippen molar-refractivity contribution in [1.82, 2.24) is 15.0 Å². The maximum atomic E-state index is 14.9. The summed E-state index contributed by atoms with van der Waals surface area (Å²) in [5.74, 6) is -7.70. The fourth-order valence-corrected chi connectivity index (χ4v) is 3.75. The highest BCUT2D eigenvalue weighted by Crippen LogP contribution is 2.38. The predicted octanol–water partition coefficient (Wildman–Crippen LogP) is 4.97. The van der Waals surface area contributed by atoms with Crippen molar-refractivity contribution in [3.05, 3.63) is 77.0 Å². The van der Waals surface area contributed by atoms with Gasteiger partial charge in [0.05, 0.1) is 0 Å². The molecule has 0 saturated carbocycles. The highest BCUT2D eigenvalue weighted by Gasteiger charge is 2.42. The molecule has 10 nitrogen and oxygen atoms in total. The molecule has 1 aliphatic rings. The minimum Gasteiger partial charge on any atom is -0.463 e. The summed E-state index contributed by atoms with van der Waals surface area (Å²) in [4.78, 5) is 49.4. The van der Waals surface area contributed by atoms with Crippen LogP contribution in [-0.2, 0) is 25.7 Å². The highest BCUT2D eigenvalue weighted by atomic mass is 35.5. The number of esters is 1. The van der Waals surface area contributed by atoms with Gasteiger partial charge < -0.3 is 14.2 Å². The van der Waals surface area contributed by atoms with Gasteiger partial charge in [0.2, 0.25) is 11.8 Å². The molecular formula is C26H19ClF4N4O6. The van der Waals surface area contributed by atoms with Crippen molar-refractivity contribution in [3.8, 4) is 17.5 Å². The Labute approximate surface area is 234 Å². The molecule has 0 spiro atoms. The second-order valence-electron chi connectivity index (χ2n) is 8.58. The average molecular weight is 595 g/mol. The first kappa shape index (κ1) is 29.4. The predicted molar refractivity (Wildman–Crippen MR) is 133 cm³/mol. The van der Waals surface area contributed by atoms with Gasteiger partial charge in [-0.05, 0) is 36.2 Å². The smallest absolute Gasteiger partial charge is 0.412 e. The molecule has 0 saturated heterocycles. The van der Waals surface area contributed by atoms with Gasteiger partial charge in [-0.15, -0.1) is 0 Å². The first-order valence-electron chi connectivity index (χ1n) is 11.8. The maximum absolute atomic E-state index is 14.9. The third-order valence-electron chi connectivity index (χ3n) is 5.56. The Morgan fingerprint density at radius 1 is 1.15 bits per heavy atom. The molecule has 1 atom stereocenters. The number of ether oxygens (including phenoxy) is 3. The van der Waals surface area contributed by atoms with Crippen molar-refractivity contribution >= 4 is 35.2 Å². The SMILES string of the molecule is CC1CC(C(F)(F)F)=CC(=O)N(c2nc(Oc3cccnc3OCC(=O)OCc3ccncc3)c(Cl)cc2F)C1=O. The zero-order valence-corrected chi connectivity index (χ0v) is 21.8.